The van der Waals surface area contributed by atoms with Crippen molar-refractivity contribution in [3.63, 3.8) is 0 Å². The minimum Gasteiger partial charge on any atom is -0.507 e. The maximum Gasteiger partial charge on any atom is 0.123 e. The SMILES string of the molecule is Oc1ccc2cc3c(O)cccc3c3c2c1C=C3. The van der Waals surface area contributed by atoms with E-state index in [1.165, 1.54) is 0 Å². The molecule has 0 amide bonds. The summed E-state index contributed by atoms with van der Waals surface area (Å²) in [7, 11) is 0. The smallest absolute Gasteiger partial charge is 0.123 e. The predicted molar refractivity (Wildman–Crippen MR) is 73.7 cm³/mol. The molecule has 0 spiro atoms. The zero-order valence-corrected chi connectivity index (χ0v) is 9.51. The van der Waals surface area contributed by atoms with Gasteiger partial charge >= 0.3 is 0 Å². The summed E-state index contributed by atoms with van der Waals surface area (Å²) in [6.45, 7) is 0. The molecule has 0 atom stereocenters. The molecule has 18 heavy (non-hydrogen) atoms. The van der Waals surface area contributed by atoms with Crippen LogP contribution in [0.1, 0.15) is 11.1 Å². The van der Waals surface area contributed by atoms with E-state index in [9.17, 15) is 10.2 Å². The number of phenols is 2. The molecule has 1 aliphatic rings. The van der Waals surface area contributed by atoms with Gasteiger partial charge in [0.15, 0.2) is 0 Å². The lowest BCUT2D eigenvalue weighted by molar-refractivity contribution is 0.475. The highest BCUT2D eigenvalue weighted by atomic mass is 16.3. The highest BCUT2D eigenvalue weighted by Crippen LogP contribution is 2.42. The fourth-order valence-corrected chi connectivity index (χ4v) is 2.78. The first kappa shape index (κ1) is 9.54. The number of rotatable bonds is 0. The van der Waals surface area contributed by atoms with Crippen molar-refractivity contribution in [3.05, 3.63) is 47.5 Å². The molecule has 0 saturated carbocycles. The Hall–Kier alpha value is -2.48. The third kappa shape index (κ3) is 1.02. The van der Waals surface area contributed by atoms with Gasteiger partial charge in [-0.2, -0.15) is 0 Å². The van der Waals surface area contributed by atoms with E-state index < -0.39 is 0 Å². The normalized spacial score (nSPS) is 12.7. The lowest BCUT2D eigenvalue weighted by Crippen LogP contribution is -1.83. The molecule has 0 fully saturated rings. The molecule has 86 valence electrons. The first-order valence-corrected chi connectivity index (χ1v) is 5.84. The van der Waals surface area contributed by atoms with Crippen molar-refractivity contribution in [2.75, 3.05) is 0 Å². The van der Waals surface area contributed by atoms with Crippen LogP contribution in [0.5, 0.6) is 11.5 Å². The summed E-state index contributed by atoms with van der Waals surface area (Å²) in [6.07, 6.45) is 3.93. The highest BCUT2D eigenvalue weighted by Gasteiger charge is 2.16. The van der Waals surface area contributed by atoms with E-state index in [1.807, 2.05) is 36.4 Å². The van der Waals surface area contributed by atoms with E-state index in [0.717, 1.165) is 32.7 Å². The summed E-state index contributed by atoms with van der Waals surface area (Å²) in [5, 5.41) is 23.8. The van der Waals surface area contributed by atoms with Crippen molar-refractivity contribution in [1.82, 2.24) is 0 Å². The van der Waals surface area contributed by atoms with E-state index in [0.29, 0.717) is 11.5 Å². The number of phenolic OH excluding ortho intramolecular Hbond substituents is 2. The van der Waals surface area contributed by atoms with Crippen molar-refractivity contribution in [1.29, 1.82) is 0 Å². The Labute approximate surface area is 103 Å². The quantitative estimate of drug-likeness (QED) is 0.453. The number of fused-ring (bicyclic) bond motifs is 2. The molecule has 0 saturated heterocycles. The zero-order valence-electron chi connectivity index (χ0n) is 9.51. The molecule has 2 nitrogen and oxygen atoms in total. The van der Waals surface area contributed by atoms with Crippen LogP contribution in [0.4, 0.5) is 0 Å². The van der Waals surface area contributed by atoms with E-state index >= 15 is 0 Å². The Kier molecular flexibility index (Phi) is 1.61. The molecule has 0 unspecified atom stereocenters. The number of hydrogen-bond donors (Lipinski definition) is 2. The van der Waals surface area contributed by atoms with Crippen LogP contribution >= 0.6 is 0 Å². The molecule has 0 radical (unpaired) electrons. The van der Waals surface area contributed by atoms with Crippen molar-refractivity contribution in [3.8, 4) is 11.5 Å². The van der Waals surface area contributed by atoms with E-state index in [-0.39, 0.29) is 0 Å². The predicted octanol–water partition coefficient (Wildman–Crippen LogP) is 3.89. The lowest BCUT2D eigenvalue weighted by atomic mass is 9.96. The van der Waals surface area contributed by atoms with E-state index in [2.05, 4.69) is 0 Å². The number of hydrogen-bond acceptors (Lipinski definition) is 2. The molecule has 0 aromatic heterocycles. The summed E-state index contributed by atoms with van der Waals surface area (Å²) in [6, 6.07) is 11.1. The summed E-state index contributed by atoms with van der Waals surface area (Å²) in [5.74, 6) is 0.595. The largest absolute Gasteiger partial charge is 0.507 e. The minimum atomic E-state index is 0.292. The van der Waals surface area contributed by atoms with Crippen LogP contribution in [0.3, 0.4) is 0 Å². The first-order valence-electron chi connectivity index (χ1n) is 5.84. The summed E-state index contributed by atoms with van der Waals surface area (Å²) in [5.41, 5.74) is 1.94. The van der Waals surface area contributed by atoms with Gasteiger partial charge in [0.25, 0.3) is 0 Å². The standard InChI is InChI=1S/C16H10O2/c17-14-3-1-2-10-11-5-6-12-15(18)7-4-9(16(11)12)8-13(10)14/h1-8,17-18H. The molecule has 4 rings (SSSR count). The van der Waals surface area contributed by atoms with Crippen molar-refractivity contribution < 1.29 is 10.2 Å². The number of aromatic hydroxyl groups is 2. The van der Waals surface area contributed by atoms with Gasteiger partial charge < -0.3 is 10.2 Å². The third-order valence-electron chi connectivity index (χ3n) is 3.61. The van der Waals surface area contributed by atoms with Gasteiger partial charge in [0.2, 0.25) is 0 Å². The van der Waals surface area contributed by atoms with Gasteiger partial charge in [-0.15, -0.1) is 0 Å². The number of benzene rings is 3. The first-order chi connectivity index (χ1) is 8.75. The van der Waals surface area contributed by atoms with Crippen molar-refractivity contribution >= 4 is 33.7 Å². The molecule has 2 heteroatoms. The Morgan fingerprint density at radius 3 is 2.44 bits per heavy atom. The summed E-state index contributed by atoms with van der Waals surface area (Å²) < 4.78 is 0. The molecular formula is C16H10O2. The maximum absolute atomic E-state index is 9.95. The Morgan fingerprint density at radius 1 is 0.722 bits per heavy atom. The maximum atomic E-state index is 9.95. The minimum absolute atomic E-state index is 0.292. The van der Waals surface area contributed by atoms with Crippen LogP contribution in [0, 0.1) is 0 Å². The van der Waals surface area contributed by atoms with Crippen molar-refractivity contribution in [2.45, 2.75) is 0 Å². The van der Waals surface area contributed by atoms with Crippen molar-refractivity contribution in [2.24, 2.45) is 0 Å². The molecule has 0 bridgehead atoms. The second-order valence-electron chi connectivity index (χ2n) is 4.59. The molecule has 1 aliphatic carbocycles. The second-order valence-corrected chi connectivity index (χ2v) is 4.59. The van der Waals surface area contributed by atoms with Crippen LogP contribution in [0.2, 0.25) is 0 Å². The van der Waals surface area contributed by atoms with Crippen LogP contribution in [-0.2, 0) is 0 Å². The van der Waals surface area contributed by atoms with E-state index in [1.54, 1.807) is 12.1 Å². The third-order valence-corrected chi connectivity index (χ3v) is 3.61. The molecule has 0 heterocycles. The molecular weight excluding hydrogens is 224 g/mol. The van der Waals surface area contributed by atoms with Gasteiger partial charge in [-0.05, 0) is 40.6 Å². The second kappa shape index (κ2) is 3.05. The van der Waals surface area contributed by atoms with Crippen LogP contribution < -0.4 is 0 Å². The van der Waals surface area contributed by atoms with E-state index in [4.69, 9.17) is 0 Å². The monoisotopic (exact) mass is 234 g/mol. The van der Waals surface area contributed by atoms with Gasteiger partial charge in [0.1, 0.15) is 11.5 Å². The average molecular weight is 234 g/mol. The summed E-state index contributed by atoms with van der Waals surface area (Å²) >= 11 is 0. The lowest BCUT2D eigenvalue weighted by Gasteiger charge is -2.09. The molecule has 2 N–H and O–H groups in total. The molecule has 3 aromatic carbocycles. The Bertz CT molecular complexity index is 845. The van der Waals surface area contributed by atoms with Gasteiger partial charge in [-0.1, -0.05) is 24.3 Å². The van der Waals surface area contributed by atoms with Crippen LogP contribution in [0.25, 0.3) is 33.7 Å². The van der Waals surface area contributed by atoms with Gasteiger partial charge in [-0.25, -0.2) is 0 Å². The van der Waals surface area contributed by atoms with Gasteiger partial charge in [0.05, 0.1) is 0 Å². The fraction of sp³-hybridized carbons (Fsp3) is 0. The molecule has 3 aromatic rings. The topological polar surface area (TPSA) is 40.5 Å². The Balaban J connectivity index is 2.35. The zero-order chi connectivity index (χ0) is 12.3. The van der Waals surface area contributed by atoms with Gasteiger partial charge in [0, 0.05) is 16.3 Å². The van der Waals surface area contributed by atoms with Crippen LogP contribution in [-0.4, -0.2) is 10.2 Å². The van der Waals surface area contributed by atoms with Gasteiger partial charge in [-0.3, -0.25) is 0 Å². The summed E-state index contributed by atoms with van der Waals surface area (Å²) in [4.78, 5) is 0. The molecule has 0 aliphatic heterocycles. The van der Waals surface area contributed by atoms with Crippen LogP contribution in [0.15, 0.2) is 36.4 Å². The highest BCUT2D eigenvalue weighted by molar-refractivity contribution is 6.16. The fourth-order valence-electron chi connectivity index (χ4n) is 2.78. The Morgan fingerprint density at radius 2 is 1.56 bits per heavy atom. The average Bonchev–Trinajstić information content (AvgIpc) is 2.81.